The fourth-order valence-corrected chi connectivity index (χ4v) is 3.09. The van der Waals surface area contributed by atoms with Crippen molar-refractivity contribution in [1.82, 2.24) is 0 Å². The first-order valence-corrected chi connectivity index (χ1v) is 6.81. The Kier molecular flexibility index (Phi) is 3.80. The number of thioether (sulfide) groups is 1. The maximum atomic E-state index is 10.5. The molecule has 1 aromatic carbocycles. The zero-order valence-corrected chi connectivity index (χ0v) is 10.6. The highest BCUT2D eigenvalue weighted by atomic mass is 32.2. The minimum atomic E-state index is 0.805. The lowest BCUT2D eigenvalue weighted by molar-refractivity contribution is 0.112. The molecule has 0 radical (unpaired) electrons. The van der Waals surface area contributed by atoms with E-state index in [2.05, 4.69) is 31.2 Å². The van der Waals surface area contributed by atoms with Gasteiger partial charge in [0.25, 0.3) is 0 Å². The highest BCUT2D eigenvalue weighted by molar-refractivity contribution is 7.98. The van der Waals surface area contributed by atoms with Gasteiger partial charge >= 0.3 is 0 Å². The number of aryl methyl sites for hydroxylation is 1. The average molecular weight is 248 g/mol. The Morgan fingerprint density at radius 3 is 2.56 bits per heavy atom. The van der Waals surface area contributed by atoms with Crippen LogP contribution in [0.15, 0.2) is 41.3 Å². The van der Waals surface area contributed by atoms with E-state index in [-0.39, 0.29) is 0 Å². The number of aldehydes is 1. The summed E-state index contributed by atoms with van der Waals surface area (Å²) in [5.41, 5.74) is 1.28. The first-order chi connectivity index (χ1) is 7.78. The lowest BCUT2D eigenvalue weighted by Gasteiger charge is -1.99. The number of carbonyl (C=O) groups excluding carboxylic acids is 1. The molecule has 0 bridgehead atoms. The summed E-state index contributed by atoms with van der Waals surface area (Å²) in [6, 6.07) is 12.4. The molecule has 0 aliphatic rings. The molecule has 82 valence electrons. The van der Waals surface area contributed by atoms with Gasteiger partial charge in [0.1, 0.15) is 0 Å². The van der Waals surface area contributed by atoms with Crippen LogP contribution in [-0.4, -0.2) is 6.29 Å². The summed E-state index contributed by atoms with van der Waals surface area (Å²) in [7, 11) is 0. The summed E-state index contributed by atoms with van der Waals surface area (Å²) in [4.78, 5) is 13.9. The van der Waals surface area contributed by atoms with Gasteiger partial charge in [0, 0.05) is 15.5 Å². The van der Waals surface area contributed by atoms with E-state index >= 15 is 0 Å². The minimum Gasteiger partial charge on any atom is -0.297 e. The molecule has 1 heterocycles. The quantitative estimate of drug-likeness (QED) is 0.597. The molecule has 0 aliphatic heterocycles. The van der Waals surface area contributed by atoms with Crippen LogP contribution in [0.4, 0.5) is 0 Å². The molecule has 0 aliphatic carbocycles. The zero-order valence-electron chi connectivity index (χ0n) is 8.97. The molecule has 1 nitrogen and oxygen atoms in total. The Bertz CT molecular complexity index is 471. The second-order valence-corrected chi connectivity index (χ2v) is 5.77. The van der Waals surface area contributed by atoms with E-state index in [0.717, 1.165) is 16.9 Å². The third-order valence-corrected chi connectivity index (χ3v) is 4.45. The van der Waals surface area contributed by atoms with Gasteiger partial charge in [-0.25, -0.2) is 0 Å². The van der Waals surface area contributed by atoms with Crippen molar-refractivity contribution in [1.29, 1.82) is 0 Å². The van der Waals surface area contributed by atoms with Gasteiger partial charge in [-0.3, -0.25) is 4.79 Å². The molecular formula is C13H12OS2. The van der Waals surface area contributed by atoms with Gasteiger partial charge in [0.2, 0.25) is 0 Å². The molecular weight excluding hydrogens is 236 g/mol. The average Bonchev–Trinajstić information content (AvgIpc) is 2.76. The molecule has 1 aromatic heterocycles. The van der Waals surface area contributed by atoms with Crippen molar-refractivity contribution < 1.29 is 4.79 Å². The van der Waals surface area contributed by atoms with Crippen molar-refractivity contribution in [2.24, 2.45) is 0 Å². The zero-order chi connectivity index (χ0) is 11.4. The summed E-state index contributed by atoms with van der Waals surface area (Å²) in [6.07, 6.45) is 0.907. The van der Waals surface area contributed by atoms with Crippen molar-refractivity contribution in [2.45, 2.75) is 17.6 Å². The van der Waals surface area contributed by atoms with Gasteiger partial charge in [-0.05, 0) is 31.2 Å². The molecule has 2 rings (SSSR count). The SMILES string of the molecule is Cc1ccc(SCc2ccc(C=O)s2)cc1. The highest BCUT2D eigenvalue weighted by Gasteiger charge is 2.00. The van der Waals surface area contributed by atoms with Gasteiger partial charge in [-0.15, -0.1) is 23.1 Å². The summed E-state index contributed by atoms with van der Waals surface area (Å²) in [5.74, 6) is 0.932. The monoisotopic (exact) mass is 248 g/mol. The second-order valence-electron chi connectivity index (χ2n) is 3.52. The summed E-state index contributed by atoms with van der Waals surface area (Å²) >= 11 is 3.37. The van der Waals surface area contributed by atoms with Crippen LogP contribution in [0.5, 0.6) is 0 Å². The van der Waals surface area contributed by atoms with Crippen LogP contribution >= 0.6 is 23.1 Å². The molecule has 0 N–H and O–H groups in total. The van der Waals surface area contributed by atoms with E-state index in [0.29, 0.717) is 0 Å². The maximum Gasteiger partial charge on any atom is 0.160 e. The molecule has 0 spiro atoms. The third kappa shape index (κ3) is 2.97. The van der Waals surface area contributed by atoms with E-state index in [1.807, 2.05) is 12.1 Å². The van der Waals surface area contributed by atoms with Crippen LogP contribution in [0.1, 0.15) is 20.1 Å². The highest BCUT2D eigenvalue weighted by Crippen LogP contribution is 2.26. The lowest BCUT2D eigenvalue weighted by atomic mass is 10.2. The predicted molar refractivity (Wildman–Crippen MR) is 70.4 cm³/mol. The number of hydrogen-bond acceptors (Lipinski definition) is 3. The van der Waals surface area contributed by atoms with Gasteiger partial charge in [-0.2, -0.15) is 0 Å². The van der Waals surface area contributed by atoms with Gasteiger partial charge in [-0.1, -0.05) is 17.7 Å². The second kappa shape index (κ2) is 5.32. The van der Waals surface area contributed by atoms with Crippen LogP contribution in [-0.2, 0) is 5.75 Å². The third-order valence-electron chi connectivity index (χ3n) is 2.20. The van der Waals surface area contributed by atoms with Crippen LogP contribution in [0.25, 0.3) is 0 Å². The summed E-state index contributed by atoms with van der Waals surface area (Å²) in [6.45, 7) is 2.09. The topological polar surface area (TPSA) is 17.1 Å². The van der Waals surface area contributed by atoms with Crippen molar-refractivity contribution >= 4 is 29.4 Å². The molecule has 2 aromatic rings. The number of rotatable bonds is 4. The summed E-state index contributed by atoms with van der Waals surface area (Å²) < 4.78 is 0. The van der Waals surface area contributed by atoms with Crippen molar-refractivity contribution in [3.05, 3.63) is 51.7 Å². The van der Waals surface area contributed by atoms with Gasteiger partial charge < -0.3 is 0 Å². The van der Waals surface area contributed by atoms with E-state index in [9.17, 15) is 4.79 Å². The minimum absolute atomic E-state index is 0.805. The van der Waals surface area contributed by atoms with E-state index in [1.165, 1.54) is 15.3 Å². The van der Waals surface area contributed by atoms with E-state index in [4.69, 9.17) is 0 Å². The Morgan fingerprint density at radius 2 is 1.94 bits per heavy atom. The van der Waals surface area contributed by atoms with E-state index < -0.39 is 0 Å². The molecule has 16 heavy (non-hydrogen) atoms. The molecule has 0 fully saturated rings. The van der Waals surface area contributed by atoms with Crippen LogP contribution in [0.3, 0.4) is 0 Å². The molecule has 3 heteroatoms. The Morgan fingerprint density at radius 1 is 1.19 bits per heavy atom. The lowest BCUT2D eigenvalue weighted by Crippen LogP contribution is -1.75. The normalized spacial score (nSPS) is 10.3. The smallest absolute Gasteiger partial charge is 0.160 e. The van der Waals surface area contributed by atoms with Crippen LogP contribution < -0.4 is 0 Å². The van der Waals surface area contributed by atoms with Crippen molar-refractivity contribution in [3.8, 4) is 0 Å². The largest absolute Gasteiger partial charge is 0.297 e. The molecule has 0 unspecified atom stereocenters. The van der Waals surface area contributed by atoms with E-state index in [1.54, 1.807) is 23.1 Å². The Labute approximate surface area is 104 Å². The van der Waals surface area contributed by atoms with Crippen LogP contribution in [0, 0.1) is 6.92 Å². The molecule has 0 atom stereocenters. The first-order valence-electron chi connectivity index (χ1n) is 5.01. The summed E-state index contributed by atoms with van der Waals surface area (Å²) in [5, 5.41) is 0. The fourth-order valence-electron chi connectivity index (χ4n) is 1.32. The standard InChI is InChI=1S/C13H12OS2/c1-10-2-4-11(5-3-10)15-9-13-7-6-12(8-14)16-13/h2-8H,9H2,1H3. The van der Waals surface area contributed by atoms with Gasteiger partial charge in [0.15, 0.2) is 6.29 Å². The Hall–Kier alpha value is -1.06. The maximum absolute atomic E-state index is 10.5. The number of carbonyl (C=O) groups is 1. The van der Waals surface area contributed by atoms with Crippen molar-refractivity contribution in [3.63, 3.8) is 0 Å². The fraction of sp³-hybridized carbons (Fsp3) is 0.154. The molecule has 0 saturated carbocycles. The van der Waals surface area contributed by atoms with Gasteiger partial charge in [0.05, 0.1) is 4.88 Å². The molecule has 0 saturated heterocycles. The predicted octanol–water partition coefficient (Wildman–Crippen LogP) is 4.16. The van der Waals surface area contributed by atoms with Crippen LogP contribution in [0.2, 0.25) is 0 Å². The number of hydrogen-bond donors (Lipinski definition) is 0. The molecule has 0 amide bonds. The van der Waals surface area contributed by atoms with Crippen molar-refractivity contribution in [2.75, 3.05) is 0 Å². The Balaban J connectivity index is 1.96. The number of benzene rings is 1. The number of thiophene rings is 1. The first kappa shape index (κ1) is 11.4.